The summed E-state index contributed by atoms with van der Waals surface area (Å²) in [7, 11) is -0.754. The van der Waals surface area contributed by atoms with Crippen LogP contribution in [-0.2, 0) is 33.4 Å². The first-order chi connectivity index (χ1) is 17.3. The lowest BCUT2D eigenvalue weighted by atomic mass is 10.1. The van der Waals surface area contributed by atoms with Crippen molar-refractivity contribution in [3.63, 3.8) is 0 Å². The lowest BCUT2D eigenvalue weighted by molar-refractivity contribution is 0.0729. The van der Waals surface area contributed by atoms with Gasteiger partial charge < -0.3 is 18.9 Å². The van der Waals surface area contributed by atoms with Gasteiger partial charge in [0.2, 0.25) is 15.0 Å². The second-order valence-corrected chi connectivity index (χ2v) is 10.8. The molecular weight excluding hydrogens is 485 g/mol. The molecule has 0 unspecified atom stereocenters. The number of nitrogens with zero attached hydrogens (tertiary/aromatic N) is 3. The Morgan fingerprint density at radius 1 is 1.17 bits per heavy atom. The second-order valence-electron chi connectivity index (χ2n) is 8.92. The first-order valence-corrected chi connectivity index (χ1v) is 13.4. The highest BCUT2D eigenvalue weighted by molar-refractivity contribution is 7.90. The van der Waals surface area contributed by atoms with Gasteiger partial charge in [0, 0.05) is 25.8 Å². The second kappa shape index (κ2) is 11.2. The number of aromatic nitrogens is 2. The standard InChI is InChI=1S/C26H30FN3O5S/c1-34-13-12-30-23(15-28-26(30)36(32,33)18-20-8-10-22(27)11-9-20)17-29(16-19-6-7-19)25(31)21-4-3-5-24(14-21)35-2/h3-5,8-11,14-15,19H,6-7,12-13,16-18H2,1-2H3. The Morgan fingerprint density at radius 2 is 1.92 bits per heavy atom. The van der Waals surface area contributed by atoms with E-state index in [1.54, 1.807) is 40.8 Å². The molecule has 1 aliphatic carbocycles. The van der Waals surface area contributed by atoms with Crippen molar-refractivity contribution in [3.8, 4) is 5.75 Å². The SMILES string of the molecule is COCCn1c(CN(CC2CC2)C(=O)c2cccc(OC)c2)cnc1S(=O)(=O)Cc1ccc(F)cc1. The smallest absolute Gasteiger partial charge is 0.254 e. The molecule has 4 rings (SSSR count). The van der Waals surface area contributed by atoms with Gasteiger partial charge in [-0.15, -0.1) is 0 Å². The van der Waals surface area contributed by atoms with Gasteiger partial charge in [-0.05, 0) is 54.7 Å². The zero-order valence-corrected chi connectivity index (χ0v) is 21.2. The van der Waals surface area contributed by atoms with Gasteiger partial charge in [-0.2, -0.15) is 0 Å². The minimum atomic E-state index is -3.84. The minimum absolute atomic E-state index is 0.0981. The number of amides is 1. The van der Waals surface area contributed by atoms with Gasteiger partial charge in [0.15, 0.2) is 0 Å². The molecule has 0 spiro atoms. The molecule has 0 aliphatic heterocycles. The van der Waals surface area contributed by atoms with Gasteiger partial charge in [-0.25, -0.2) is 17.8 Å². The molecule has 1 amide bonds. The number of rotatable bonds is 12. The molecule has 0 radical (unpaired) electrons. The van der Waals surface area contributed by atoms with Crippen LogP contribution in [0.25, 0.3) is 0 Å². The number of carbonyl (C=O) groups excluding carboxylic acids is 1. The van der Waals surface area contributed by atoms with E-state index in [4.69, 9.17) is 9.47 Å². The molecule has 3 aromatic rings. The molecule has 1 aliphatic rings. The molecule has 0 bridgehead atoms. The van der Waals surface area contributed by atoms with Gasteiger partial charge in [-0.3, -0.25) is 4.79 Å². The molecule has 192 valence electrons. The van der Waals surface area contributed by atoms with Gasteiger partial charge in [0.1, 0.15) is 11.6 Å². The molecule has 36 heavy (non-hydrogen) atoms. The Balaban J connectivity index is 1.63. The van der Waals surface area contributed by atoms with Crippen LogP contribution in [0.5, 0.6) is 5.75 Å². The summed E-state index contributed by atoms with van der Waals surface area (Å²) in [6.07, 6.45) is 3.62. The number of methoxy groups -OCH3 is 2. The zero-order chi connectivity index (χ0) is 25.7. The van der Waals surface area contributed by atoms with Crippen LogP contribution in [0.15, 0.2) is 59.9 Å². The van der Waals surface area contributed by atoms with E-state index in [1.807, 2.05) is 0 Å². The number of ether oxygens (including phenoxy) is 2. The molecule has 1 fully saturated rings. The maximum absolute atomic E-state index is 13.4. The molecule has 8 nitrogen and oxygen atoms in total. The third-order valence-corrected chi connectivity index (χ3v) is 7.70. The van der Waals surface area contributed by atoms with Crippen molar-refractivity contribution in [2.24, 2.45) is 5.92 Å². The Morgan fingerprint density at radius 3 is 2.58 bits per heavy atom. The normalized spacial score (nSPS) is 13.5. The fourth-order valence-corrected chi connectivity index (χ4v) is 5.54. The number of hydrogen-bond donors (Lipinski definition) is 0. The zero-order valence-electron chi connectivity index (χ0n) is 20.4. The van der Waals surface area contributed by atoms with Crippen molar-refractivity contribution in [1.82, 2.24) is 14.5 Å². The van der Waals surface area contributed by atoms with E-state index in [1.165, 1.54) is 37.6 Å². The highest BCUT2D eigenvalue weighted by Crippen LogP contribution is 2.31. The van der Waals surface area contributed by atoms with E-state index in [9.17, 15) is 17.6 Å². The maximum Gasteiger partial charge on any atom is 0.254 e. The summed E-state index contributed by atoms with van der Waals surface area (Å²) in [4.78, 5) is 19.4. The predicted molar refractivity (Wildman–Crippen MR) is 132 cm³/mol. The monoisotopic (exact) mass is 515 g/mol. The van der Waals surface area contributed by atoms with E-state index in [2.05, 4.69) is 4.98 Å². The van der Waals surface area contributed by atoms with Crippen LogP contribution in [0, 0.1) is 11.7 Å². The number of benzene rings is 2. The number of halogens is 1. The summed E-state index contributed by atoms with van der Waals surface area (Å²) in [6, 6.07) is 12.3. The number of hydrogen-bond acceptors (Lipinski definition) is 6. The average molecular weight is 516 g/mol. The molecule has 1 saturated carbocycles. The summed E-state index contributed by atoms with van der Waals surface area (Å²) in [5.74, 6) is 0.112. The molecule has 0 atom stereocenters. The lowest BCUT2D eigenvalue weighted by Crippen LogP contribution is -2.33. The van der Waals surface area contributed by atoms with Crippen LogP contribution in [-0.4, -0.2) is 56.1 Å². The number of imidazole rings is 1. The van der Waals surface area contributed by atoms with Crippen molar-refractivity contribution in [3.05, 3.63) is 77.4 Å². The Hall–Kier alpha value is -3.24. The third-order valence-electron chi connectivity index (χ3n) is 6.10. The molecule has 2 aromatic carbocycles. The van der Waals surface area contributed by atoms with Gasteiger partial charge >= 0.3 is 0 Å². The van der Waals surface area contributed by atoms with Crippen molar-refractivity contribution in [2.45, 2.75) is 36.8 Å². The van der Waals surface area contributed by atoms with Crippen LogP contribution in [0.4, 0.5) is 4.39 Å². The average Bonchev–Trinajstić information content (AvgIpc) is 3.60. The van der Waals surface area contributed by atoms with Gasteiger partial charge in [0.25, 0.3) is 5.91 Å². The van der Waals surface area contributed by atoms with Crippen LogP contribution < -0.4 is 4.74 Å². The van der Waals surface area contributed by atoms with Crippen LogP contribution >= 0.6 is 0 Å². The first-order valence-electron chi connectivity index (χ1n) is 11.7. The maximum atomic E-state index is 13.4. The minimum Gasteiger partial charge on any atom is -0.497 e. The fourth-order valence-electron chi connectivity index (χ4n) is 4.02. The number of sulfone groups is 1. The summed E-state index contributed by atoms with van der Waals surface area (Å²) < 4.78 is 51.9. The lowest BCUT2D eigenvalue weighted by Gasteiger charge is -2.24. The largest absolute Gasteiger partial charge is 0.497 e. The van der Waals surface area contributed by atoms with E-state index in [0.717, 1.165) is 12.8 Å². The van der Waals surface area contributed by atoms with Crippen LogP contribution in [0.2, 0.25) is 0 Å². The molecular formula is C26H30FN3O5S. The summed E-state index contributed by atoms with van der Waals surface area (Å²) >= 11 is 0. The van der Waals surface area contributed by atoms with E-state index >= 15 is 0 Å². The van der Waals surface area contributed by atoms with E-state index in [0.29, 0.717) is 35.0 Å². The molecule has 0 N–H and O–H groups in total. The Bertz CT molecular complexity index is 1300. The van der Waals surface area contributed by atoms with Crippen molar-refractivity contribution in [1.29, 1.82) is 0 Å². The summed E-state index contributed by atoms with van der Waals surface area (Å²) in [5, 5.41) is -0.0981. The van der Waals surface area contributed by atoms with Crippen molar-refractivity contribution < 1.29 is 27.1 Å². The Kier molecular flexibility index (Phi) is 8.05. The first kappa shape index (κ1) is 25.8. The Labute approximate surface area is 210 Å². The number of carbonyl (C=O) groups is 1. The van der Waals surface area contributed by atoms with Gasteiger partial charge in [0.05, 0.1) is 37.9 Å². The molecule has 1 heterocycles. The summed E-state index contributed by atoms with van der Waals surface area (Å²) in [5.41, 5.74) is 1.56. The van der Waals surface area contributed by atoms with Gasteiger partial charge in [-0.1, -0.05) is 18.2 Å². The highest BCUT2D eigenvalue weighted by Gasteiger charge is 2.30. The topological polar surface area (TPSA) is 90.7 Å². The fraction of sp³-hybridized carbons (Fsp3) is 0.385. The van der Waals surface area contributed by atoms with Crippen molar-refractivity contribution in [2.75, 3.05) is 27.4 Å². The van der Waals surface area contributed by atoms with Crippen LogP contribution in [0.1, 0.15) is 34.5 Å². The van der Waals surface area contributed by atoms with E-state index < -0.39 is 15.7 Å². The molecule has 0 saturated heterocycles. The predicted octanol–water partition coefficient (Wildman–Crippen LogP) is 3.70. The van der Waals surface area contributed by atoms with E-state index in [-0.39, 0.29) is 36.5 Å². The quantitative estimate of drug-likeness (QED) is 0.365. The highest BCUT2D eigenvalue weighted by atomic mass is 32.2. The molecule has 10 heteroatoms. The summed E-state index contributed by atoms with van der Waals surface area (Å²) in [6.45, 7) is 1.31. The third kappa shape index (κ3) is 6.30. The van der Waals surface area contributed by atoms with Crippen LogP contribution in [0.3, 0.4) is 0 Å². The molecule has 1 aromatic heterocycles. The van der Waals surface area contributed by atoms with Crippen molar-refractivity contribution >= 4 is 15.7 Å².